The van der Waals surface area contributed by atoms with E-state index in [0.29, 0.717) is 35.6 Å². The smallest absolute Gasteiger partial charge is 0.261 e. The first-order valence-corrected chi connectivity index (χ1v) is 11.7. The van der Waals surface area contributed by atoms with Crippen LogP contribution in [0.3, 0.4) is 0 Å². The molecule has 0 atom stereocenters. The van der Waals surface area contributed by atoms with Gasteiger partial charge in [-0.1, -0.05) is 30.3 Å². The molecule has 0 radical (unpaired) electrons. The van der Waals surface area contributed by atoms with E-state index in [1.807, 2.05) is 52.7 Å². The lowest BCUT2D eigenvalue weighted by Gasteiger charge is -2.34. The zero-order chi connectivity index (χ0) is 23.2. The van der Waals surface area contributed by atoms with Gasteiger partial charge in [0.15, 0.2) is 0 Å². The fraction of sp³-hybridized carbons (Fsp3) is 0.240. The number of nitrogens with zero attached hydrogens (tertiary/aromatic N) is 2. The molecule has 1 fully saturated rings. The molecule has 2 aromatic carbocycles. The quantitative estimate of drug-likeness (QED) is 0.564. The van der Waals surface area contributed by atoms with Crippen LogP contribution in [0.5, 0.6) is 0 Å². The highest BCUT2D eigenvalue weighted by Crippen LogP contribution is 2.14. The van der Waals surface area contributed by atoms with E-state index in [1.165, 1.54) is 11.3 Å². The van der Waals surface area contributed by atoms with Crippen molar-refractivity contribution in [3.8, 4) is 0 Å². The van der Waals surface area contributed by atoms with Crippen molar-refractivity contribution in [3.05, 3.63) is 93.2 Å². The average Bonchev–Trinajstić information content (AvgIpc) is 3.38. The fourth-order valence-electron chi connectivity index (χ4n) is 3.77. The molecule has 0 saturated carbocycles. The van der Waals surface area contributed by atoms with E-state index in [4.69, 9.17) is 5.73 Å². The van der Waals surface area contributed by atoms with E-state index >= 15 is 0 Å². The van der Waals surface area contributed by atoms with Crippen molar-refractivity contribution >= 4 is 29.1 Å². The van der Waals surface area contributed by atoms with Gasteiger partial charge in [-0.2, -0.15) is 0 Å². The van der Waals surface area contributed by atoms with E-state index in [0.717, 1.165) is 30.8 Å². The molecule has 0 aliphatic carbocycles. The van der Waals surface area contributed by atoms with E-state index in [9.17, 15) is 14.4 Å². The topological polar surface area (TPSA) is 95.7 Å². The van der Waals surface area contributed by atoms with E-state index in [2.05, 4.69) is 10.2 Å². The van der Waals surface area contributed by atoms with Gasteiger partial charge in [-0.15, -0.1) is 11.3 Å². The van der Waals surface area contributed by atoms with Gasteiger partial charge in [0.2, 0.25) is 5.91 Å². The largest absolute Gasteiger partial charge is 0.366 e. The number of hydrogen-bond donors (Lipinski definition) is 2. The zero-order valence-electron chi connectivity index (χ0n) is 18.2. The van der Waals surface area contributed by atoms with E-state index < -0.39 is 5.91 Å². The third kappa shape index (κ3) is 5.85. The third-order valence-electron chi connectivity index (χ3n) is 5.70. The van der Waals surface area contributed by atoms with Crippen molar-refractivity contribution in [3.63, 3.8) is 0 Å². The van der Waals surface area contributed by atoms with Crippen molar-refractivity contribution in [2.75, 3.05) is 26.2 Å². The minimum Gasteiger partial charge on any atom is -0.366 e. The van der Waals surface area contributed by atoms with Crippen LogP contribution in [0.15, 0.2) is 66.0 Å². The van der Waals surface area contributed by atoms with E-state index in [1.54, 1.807) is 18.2 Å². The van der Waals surface area contributed by atoms with Crippen LogP contribution >= 0.6 is 11.3 Å². The summed E-state index contributed by atoms with van der Waals surface area (Å²) in [7, 11) is 0. The molecule has 4 rings (SSSR count). The Morgan fingerprint density at radius 1 is 0.848 bits per heavy atom. The zero-order valence-corrected chi connectivity index (χ0v) is 19.0. The van der Waals surface area contributed by atoms with Crippen LogP contribution in [0.1, 0.15) is 41.5 Å². The fourth-order valence-corrected chi connectivity index (χ4v) is 4.41. The number of piperazine rings is 1. The number of carbonyl (C=O) groups excluding carboxylic acids is 3. The van der Waals surface area contributed by atoms with Crippen molar-refractivity contribution in [1.29, 1.82) is 0 Å². The summed E-state index contributed by atoms with van der Waals surface area (Å²) >= 11 is 1.41. The first-order chi connectivity index (χ1) is 16.0. The highest BCUT2D eigenvalue weighted by molar-refractivity contribution is 7.12. The first kappa shape index (κ1) is 22.7. The normalized spacial score (nSPS) is 14.1. The molecule has 1 aliphatic rings. The van der Waals surface area contributed by atoms with Crippen LogP contribution in [0.2, 0.25) is 0 Å². The van der Waals surface area contributed by atoms with E-state index in [-0.39, 0.29) is 11.8 Å². The number of amides is 3. The second kappa shape index (κ2) is 10.4. The highest BCUT2D eigenvalue weighted by atomic mass is 32.1. The molecule has 0 spiro atoms. The lowest BCUT2D eigenvalue weighted by atomic mass is 10.1. The predicted octanol–water partition coefficient (Wildman–Crippen LogP) is 2.74. The number of carbonyl (C=O) groups is 3. The monoisotopic (exact) mass is 462 g/mol. The van der Waals surface area contributed by atoms with Gasteiger partial charge >= 0.3 is 0 Å². The molecule has 3 amide bonds. The molecule has 8 heteroatoms. The van der Waals surface area contributed by atoms with Crippen LogP contribution in [0.4, 0.5) is 0 Å². The average molecular weight is 463 g/mol. The molecule has 3 N–H and O–H groups in total. The molecule has 7 nitrogen and oxygen atoms in total. The lowest BCUT2D eigenvalue weighted by molar-refractivity contribution is 0.0628. The molecule has 0 unspecified atom stereocenters. The summed E-state index contributed by atoms with van der Waals surface area (Å²) in [5.41, 5.74) is 8.51. The van der Waals surface area contributed by atoms with Crippen LogP contribution in [-0.2, 0) is 13.1 Å². The second-order valence-electron chi connectivity index (χ2n) is 7.99. The maximum atomic E-state index is 12.9. The number of primary amides is 1. The van der Waals surface area contributed by atoms with Crippen molar-refractivity contribution in [2.45, 2.75) is 13.1 Å². The number of hydrogen-bond acceptors (Lipinski definition) is 5. The minimum absolute atomic E-state index is 0.0228. The van der Waals surface area contributed by atoms with Gasteiger partial charge < -0.3 is 16.0 Å². The van der Waals surface area contributed by atoms with Crippen LogP contribution < -0.4 is 11.1 Å². The number of nitrogens with one attached hydrogen (secondary N) is 1. The Hall–Kier alpha value is -3.49. The van der Waals surface area contributed by atoms with Crippen LogP contribution in [-0.4, -0.2) is 53.7 Å². The summed E-state index contributed by atoms with van der Waals surface area (Å²) in [6, 6.07) is 18.4. The number of rotatable bonds is 7. The molecular weight excluding hydrogens is 436 g/mol. The Kier molecular flexibility index (Phi) is 7.16. The van der Waals surface area contributed by atoms with Crippen molar-refractivity contribution in [1.82, 2.24) is 15.1 Å². The number of thiophene rings is 1. The van der Waals surface area contributed by atoms with Gasteiger partial charge in [-0.05, 0) is 46.8 Å². The van der Waals surface area contributed by atoms with Crippen molar-refractivity contribution in [2.24, 2.45) is 5.73 Å². The molecule has 0 bridgehead atoms. The molecule has 1 aromatic heterocycles. The SMILES string of the molecule is NC(=O)c1ccc(CN2CCN(C(=O)c3ccc(CNC(=O)c4cccs4)cc3)CC2)cc1. The van der Waals surface area contributed by atoms with Gasteiger partial charge in [0, 0.05) is 50.4 Å². The van der Waals surface area contributed by atoms with Gasteiger partial charge in [0.1, 0.15) is 0 Å². The number of benzene rings is 2. The standard InChI is InChI=1S/C25H26N4O3S/c26-23(30)20-7-5-19(6-8-20)17-28-11-13-29(14-12-28)25(32)21-9-3-18(4-10-21)16-27-24(31)22-2-1-15-33-22/h1-10,15H,11-14,16-17H2,(H2,26,30)(H,27,31). The maximum absolute atomic E-state index is 12.9. The summed E-state index contributed by atoms with van der Waals surface area (Å²) in [5, 5.41) is 4.77. The van der Waals surface area contributed by atoms with Gasteiger partial charge in [-0.3, -0.25) is 19.3 Å². The van der Waals surface area contributed by atoms with Crippen LogP contribution in [0, 0.1) is 0 Å². The minimum atomic E-state index is -0.426. The van der Waals surface area contributed by atoms with Crippen LogP contribution in [0.25, 0.3) is 0 Å². The molecule has 1 saturated heterocycles. The molecule has 33 heavy (non-hydrogen) atoms. The summed E-state index contributed by atoms with van der Waals surface area (Å²) < 4.78 is 0. The molecular formula is C25H26N4O3S. The summed E-state index contributed by atoms with van der Waals surface area (Å²) in [4.78, 5) is 41.0. The Bertz CT molecular complexity index is 1100. The van der Waals surface area contributed by atoms with Gasteiger partial charge in [0.25, 0.3) is 11.8 Å². The molecule has 170 valence electrons. The Balaban J connectivity index is 1.25. The van der Waals surface area contributed by atoms with Crippen molar-refractivity contribution < 1.29 is 14.4 Å². The number of nitrogens with two attached hydrogens (primary N) is 1. The third-order valence-corrected chi connectivity index (χ3v) is 6.57. The predicted molar refractivity (Wildman–Crippen MR) is 128 cm³/mol. The maximum Gasteiger partial charge on any atom is 0.261 e. The highest BCUT2D eigenvalue weighted by Gasteiger charge is 2.22. The summed E-state index contributed by atoms with van der Waals surface area (Å²) in [5.74, 6) is -0.494. The van der Waals surface area contributed by atoms with Gasteiger partial charge in [0.05, 0.1) is 4.88 Å². The Morgan fingerprint density at radius 3 is 2.09 bits per heavy atom. The second-order valence-corrected chi connectivity index (χ2v) is 8.93. The summed E-state index contributed by atoms with van der Waals surface area (Å²) in [6.07, 6.45) is 0. The first-order valence-electron chi connectivity index (χ1n) is 10.8. The molecule has 1 aliphatic heterocycles. The van der Waals surface area contributed by atoms with Gasteiger partial charge in [-0.25, -0.2) is 0 Å². The molecule has 3 aromatic rings. The summed E-state index contributed by atoms with van der Waals surface area (Å²) in [6.45, 7) is 4.09. The molecule has 2 heterocycles. The Morgan fingerprint density at radius 2 is 1.48 bits per heavy atom. The Labute approximate surface area is 196 Å². The lowest BCUT2D eigenvalue weighted by Crippen LogP contribution is -2.48.